The predicted molar refractivity (Wildman–Crippen MR) is 77.0 cm³/mol. The fourth-order valence-corrected chi connectivity index (χ4v) is 2.57. The molecule has 1 atom stereocenters. The molecule has 21 heavy (non-hydrogen) atoms. The summed E-state index contributed by atoms with van der Waals surface area (Å²) in [5.41, 5.74) is 0.744. The summed E-state index contributed by atoms with van der Waals surface area (Å²) in [6, 6.07) is -0.871. The molecule has 0 saturated heterocycles. The molecule has 3 rings (SSSR count). The predicted octanol–water partition coefficient (Wildman–Crippen LogP) is 1.57. The van der Waals surface area contributed by atoms with Crippen LogP contribution in [0.5, 0.6) is 0 Å². The third kappa shape index (κ3) is 2.51. The molecule has 1 fully saturated rings. The Kier molecular flexibility index (Phi) is 3.40. The van der Waals surface area contributed by atoms with Gasteiger partial charge in [-0.1, -0.05) is 0 Å². The minimum Gasteiger partial charge on any atom is -0.480 e. The summed E-state index contributed by atoms with van der Waals surface area (Å²) in [6.45, 7) is 1.52. The summed E-state index contributed by atoms with van der Waals surface area (Å²) in [6.07, 6.45) is 6.38. The van der Waals surface area contributed by atoms with E-state index in [1.165, 1.54) is 22.5 Å². The summed E-state index contributed by atoms with van der Waals surface area (Å²) in [5.74, 6) is -1.35. The van der Waals surface area contributed by atoms with Crippen molar-refractivity contribution >= 4 is 33.5 Å². The average Bonchev–Trinajstić information content (AvgIpc) is 3.17. The number of carboxylic acids is 1. The first-order chi connectivity index (χ1) is 9.99. The Bertz CT molecular complexity index is 725. The van der Waals surface area contributed by atoms with Crippen molar-refractivity contribution in [1.29, 1.82) is 0 Å². The van der Waals surface area contributed by atoms with Crippen LogP contribution in [-0.2, 0) is 4.79 Å². The van der Waals surface area contributed by atoms with Crippen LogP contribution < -0.4 is 0 Å². The van der Waals surface area contributed by atoms with Crippen molar-refractivity contribution in [3.05, 3.63) is 28.6 Å². The monoisotopic (exact) mass is 352 g/mol. The number of carbonyl (C=O) groups is 2. The maximum atomic E-state index is 12.7. The van der Waals surface area contributed by atoms with Gasteiger partial charge in [-0.2, -0.15) is 5.10 Å². The van der Waals surface area contributed by atoms with Crippen molar-refractivity contribution in [1.82, 2.24) is 19.5 Å². The Morgan fingerprint density at radius 2 is 2.19 bits per heavy atom. The Labute approximate surface area is 128 Å². The van der Waals surface area contributed by atoms with Crippen molar-refractivity contribution in [3.8, 4) is 0 Å². The van der Waals surface area contributed by atoms with E-state index in [4.69, 9.17) is 0 Å². The normalized spacial score (nSPS) is 15.9. The molecule has 0 bridgehead atoms. The highest BCUT2D eigenvalue weighted by Gasteiger charge is 2.39. The van der Waals surface area contributed by atoms with E-state index < -0.39 is 12.0 Å². The minimum absolute atomic E-state index is 0.00556. The van der Waals surface area contributed by atoms with Crippen LogP contribution in [-0.4, -0.2) is 48.6 Å². The number of amides is 1. The van der Waals surface area contributed by atoms with Crippen LogP contribution in [0.3, 0.4) is 0 Å². The van der Waals surface area contributed by atoms with Crippen LogP contribution >= 0.6 is 15.9 Å². The first kappa shape index (κ1) is 14.0. The molecule has 0 radical (unpaired) electrons. The number of fused-ring (bicyclic) bond motifs is 1. The molecule has 0 aliphatic heterocycles. The first-order valence-electron chi connectivity index (χ1n) is 6.53. The van der Waals surface area contributed by atoms with Gasteiger partial charge >= 0.3 is 5.97 Å². The molecule has 1 amide bonds. The van der Waals surface area contributed by atoms with Crippen LogP contribution in [0.4, 0.5) is 0 Å². The summed E-state index contributed by atoms with van der Waals surface area (Å²) >= 11 is 3.29. The first-order valence-corrected chi connectivity index (χ1v) is 7.32. The lowest BCUT2D eigenvalue weighted by Crippen LogP contribution is -2.44. The van der Waals surface area contributed by atoms with E-state index in [2.05, 4.69) is 26.0 Å². The van der Waals surface area contributed by atoms with Crippen LogP contribution in [0, 0.1) is 0 Å². The van der Waals surface area contributed by atoms with Gasteiger partial charge < -0.3 is 10.0 Å². The highest BCUT2D eigenvalue weighted by Crippen LogP contribution is 2.30. The highest BCUT2D eigenvalue weighted by atomic mass is 79.9. The summed E-state index contributed by atoms with van der Waals surface area (Å²) in [7, 11) is 0. The van der Waals surface area contributed by atoms with Crippen LogP contribution in [0.1, 0.15) is 30.1 Å². The lowest BCUT2D eigenvalue weighted by Gasteiger charge is -2.25. The zero-order chi connectivity index (χ0) is 15.1. The second-order valence-electron chi connectivity index (χ2n) is 5.06. The van der Waals surface area contributed by atoms with Gasteiger partial charge in [0.2, 0.25) is 0 Å². The average molecular weight is 353 g/mol. The molecule has 0 aromatic carbocycles. The number of carboxylic acid groups (broad SMARTS) is 1. The standard InChI is InChI=1S/C13H13BrN4O3/c1-7(13(20)21)18(9-2-3-9)12(19)10-5-16-17-6-8(14)4-15-11(10)17/h4-7,9H,2-3H2,1H3,(H,20,21). The van der Waals surface area contributed by atoms with Gasteiger partial charge in [0, 0.05) is 18.4 Å². The summed E-state index contributed by atoms with van der Waals surface area (Å²) in [5, 5.41) is 13.3. The molecule has 1 aliphatic carbocycles. The van der Waals surface area contributed by atoms with E-state index >= 15 is 0 Å². The molecule has 110 valence electrons. The van der Waals surface area contributed by atoms with Gasteiger partial charge in [-0.3, -0.25) is 4.79 Å². The van der Waals surface area contributed by atoms with Crippen molar-refractivity contribution < 1.29 is 14.7 Å². The highest BCUT2D eigenvalue weighted by molar-refractivity contribution is 9.10. The quantitative estimate of drug-likeness (QED) is 0.902. The number of aliphatic carboxylic acids is 1. The van der Waals surface area contributed by atoms with Crippen molar-refractivity contribution in [2.24, 2.45) is 0 Å². The fraction of sp³-hybridized carbons (Fsp3) is 0.385. The van der Waals surface area contributed by atoms with Gasteiger partial charge in [-0.25, -0.2) is 14.3 Å². The maximum Gasteiger partial charge on any atom is 0.326 e. The molecule has 1 saturated carbocycles. The van der Waals surface area contributed by atoms with Gasteiger partial charge in [0.25, 0.3) is 5.91 Å². The maximum absolute atomic E-state index is 12.7. The van der Waals surface area contributed by atoms with Gasteiger partial charge in [-0.15, -0.1) is 0 Å². The van der Waals surface area contributed by atoms with Crippen molar-refractivity contribution in [2.45, 2.75) is 31.8 Å². The largest absolute Gasteiger partial charge is 0.480 e. The molecule has 2 heterocycles. The SMILES string of the molecule is CC(C(=O)O)N(C(=O)c1cnn2cc(Br)cnc12)C1CC1. The molecular formula is C13H13BrN4O3. The van der Waals surface area contributed by atoms with Crippen LogP contribution in [0.25, 0.3) is 5.65 Å². The van der Waals surface area contributed by atoms with Gasteiger partial charge in [0.15, 0.2) is 5.65 Å². The Morgan fingerprint density at radius 3 is 2.81 bits per heavy atom. The van der Waals surface area contributed by atoms with E-state index in [1.807, 2.05) is 0 Å². The molecule has 8 heteroatoms. The number of hydrogen-bond donors (Lipinski definition) is 1. The molecule has 7 nitrogen and oxygen atoms in total. The molecule has 1 unspecified atom stereocenters. The molecular weight excluding hydrogens is 340 g/mol. The molecule has 2 aromatic rings. The molecule has 2 aromatic heterocycles. The smallest absolute Gasteiger partial charge is 0.326 e. The summed E-state index contributed by atoms with van der Waals surface area (Å²) < 4.78 is 2.24. The summed E-state index contributed by atoms with van der Waals surface area (Å²) in [4.78, 5) is 29.5. The second kappa shape index (κ2) is 5.10. The fourth-order valence-electron chi connectivity index (χ4n) is 2.27. The Morgan fingerprint density at radius 1 is 1.48 bits per heavy atom. The van der Waals surface area contributed by atoms with Crippen molar-refractivity contribution in [3.63, 3.8) is 0 Å². The van der Waals surface area contributed by atoms with Gasteiger partial charge in [-0.05, 0) is 35.7 Å². The van der Waals surface area contributed by atoms with E-state index in [0.29, 0.717) is 11.2 Å². The zero-order valence-electron chi connectivity index (χ0n) is 11.2. The van der Waals surface area contributed by atoms with Crippen LogP contribution in [0.15, 0.2) is 23.1 Å². The third-order valence-electron chi connectivity index (χ3n) is 3.50. The molecule has 0 spiro atoms. The van der Waals surface area contributed by atoms with Crippen molar-refractivity contribution in [2.75, 3.05) is 0 Å². The Balaban J connectivity index is 2.00. The second-order valence-corrected chi connectivity index (χ2v) is 5.97. The van der Waals surface area contributed by atoms with Gasteiger partial charge in [0.05, 0.1) is 10.7 Å². The number of halogens is 1. The number of nitrogens with zero attached hydrogens (tertiary/aromatic N) is 4. The number of aromatic nitrogens is 3. The zero-order valence-corrected chi connectivity index (χ0v) is 12.8. The molecule has 1 N–H and O–H groups in total. The van der Waals surface area contributed by atoms with Gasteiger partial charge in [0.1, 0.15) is 11.6 Å². The lowest BCUT2D eigenvalue weighted by molar-refractivity contribution is -0.141. The number of hydrogen-bond acceptors (Lipinski definition) is 4. The van der Waals surface area contributed by atoms with E-state index in [0.717, 1.165) is 17.3 Å². The number of carbonyl (C=O) groups excluding carboxylic acids is 1. The molecule has 1 aliphatic rings. The van der Waals surface area contributed by atoms with E-state index in [-0.39, 0.29) is 11.9 Å². The lowest BCUT2D eigenvalue weighted by atomic mass is 10.2. The number of rotatable bonds is 4. The minimum atomic E-state index is -1.01. The topological polar surface area (TPSA) is 87.8 Å². The Hall–Kier alpha value is -1.96. The van der Waals surface area contributed by atoms with E-state index in [9.17, 15) is 14.7 Å². The van der Waals surface area contributed by atoms with Crippen LogP contribution in [0.2, 0.25) is 0 Å². The van der Waals surface area contributed by atoms with E-state index in [1.54, 1.807) is 12.4 Å². The third-order valence-corrected chi connectivity index (χ3v) is 3.91.